The second-order valence-corrected chi connectivity index (χ2v) is 4.91. The zero-order chi connectivity index (χ0) is 14.8. The Bertz CT molecular complexity index is 905. The molecule has 2 heterocycles. The fourth-order valence-electron chi connectivity index (χ4n) is 2.49. The number of furan rings is 1. The molecule has 0 amide bonds. The predicted octanol–water partition coefficient (Wildman–Crippen LogP) is 4.43. The van der Waals surface area contributed by atoms with Gasteiger partial charge in [0.1, 0.15) is 5.76 Å². The number of hydrazone groups is 1. The molecule has 2 aromatic carbocycles. The SMILES string of the molecule is C(=N\Nc1c2ccccc2nc2ccccc12)/c1ccco1. The molecule has 0 aliphatic rings. The highest BCUT2D eigenvalue weighted by Gasteiger charge is 2.07. The van der Waals surface area contributed by atoms with E-state index in [0.29, 0.717) is 5.76 Å². The Morgan fingerprint density at radius 3 is 2.18 bits per heavy atom. The third kappa shape index (κ3) is 2.20. The third-order valence-electron chi connectivity index (χ3n) is 3.50. The molecule has 106 valence electrons. The van der Waals surface area contributed by atoms with Crippen molar-refractivity contribution in [1.29, 1.82) is 0 Å². The number of para-hydroxylation sites is 2. The van der Waals surface area contributed by atoms with E-state index in [0.717, 1.165) is 27.5 Å². The van der Waals surface area contributed by atoms with Gasteiger partial charge in [-0.25, -0.2) is 4.98 Å². The molecule has 0 fully saturated rings. The summed E-state index contributed by atoms with van der Waals surface area (Å²) in [7, 11) is 0. The van der Waals surface area contributed by atoms with Gasteiger partial charge in [0.25, 0.3) is 0 Å². The lowest BCUT2D eigenvalue weighted by Gasteiger charge is -2.09. The summed E-state index contributed by atoms with van der Waals surface area (Å²) in [6.07, 6.45) is 3.28. The molecule has 4 rings (SSSR count). The molecule has 0 atom stereocenters. The van der Waals surface area contributed by atoms with Gasteiger partial charge in [0.2, 0.25) is 0 Å². The van der Waals surface area contributed by atoms with Gasteiger partial charge in [-0.05, 0) is 24.3 Å². The molecule has 22 heavy (non-hydrogen) atoms. The van der Waals surface area contributed by atoms with Crippen molar-refractivity contribution in [3.8, 4) is 0 Å². The van der Waals surface area contributed by atoms with Gasteiger partial charge in [-0.15, -0.1) is 0 Å². The average Bonchev–Trinajstić information content (AvgIpc) is 3.07. The van der Waals surface area contributed by atoms with Crippen molar-refractivity contribution in [2.24, 2.45) is 5.10 Å². The van der Waals surface area contributed by atoms with Crippen LogP contribution in [0.1, 0.15) is 5.76 Å². The smallest absolute Gasteiger partial charge is 0.146 e. The molecular weight excluding hydrogens is 274 g/mol. The number of fused-ring (bicyclic) bond motifs is 2. The standard InChI is InChI=1S/C18H13N3O/c1-3-9-16-14(7-1)18(15-8-2-4-10-17(15)20-16)21-19-12-13-6-5-11-22-13/h1-12H,(H,20,21)/b19-12+. The van der Waals surface area contributed by atoms with Crippen LogP contribution in [-0.4, -0.2) is 11.2 Å². The first-order chi connectivity index (χ1) is 10.9. The van der Waals surface area contributed by atoms with Crippen LogP contribution in [0.4, 0.5) is 5.69 Å². The highest BCUT2D eigenvalue weighted by Crippen LogP contribution is 2.30. The van der Waals surface area contributed by atoms with Crippen molar-refractivity contribution in [2.45, 2.75) is 0 Å². The zero-order valence-corrected chi connectivity index (χ0v) is 11.7. The molecule has 2 aromatic heterocycles. The summed E-state index contributed by atoms with van der Waals surface area (Å²) in [5.41, 5.74) is 5.97. The van der Waals surface area contributed by atoms with Crippen LogP contribution >= 0.6 is 0 Å². The van der Waals surface area contributed by atoms with E-state index in [1.54, 1.807) is 12.5 Å². The van der Waals surface area contributed by atoms with Gasteiger partial charge in [0, 0.05) is 10.8 Å². The van der Waals surface area contributed by atoms with Crippen LogP contribution in [0, 0.1) is 0 Å². The molecule has 1 N–H and O–H groups in total. The van der Waals surface area contributed by atoms with E-state index in [4.69, 9.17) is 4.42 Å². The number of hydrogen-bond acceptors (Lipinski definition) is 4. The first kappa shape index (κ1) is 12.6. The Labute approximate surface area is 127 Å². The molecule has 0 radical (unpaired) electrons. The quantitative estimate of drug-likeness (QED) is 0.344. The summed E-state index contributed by atoms with van der Waals surface area (Å²) in [4.78, 5) is 4.69. The molecule has 0 bridgehead atoms. The second-order valence-electron chi connectivity index (χ2n) is 4.91. The Kier molecular flexibility index (Phi) is 3.05. The molecule has 0 unspecified atom stereocenters. The maximum Gasteiger partial charge on any atom is 0.146 e. The summed E-state index contributed by atoms with van der Waals surface area (Å²) in [5.74, 6) is 0.704. The van der Waals surface area contributed by atoms with Crippen LogP contribution < -0.4 is 5.43 Å². The first-order valence-corrected chi connectivity index (χ1v) is 7.02. The minimum absolute atomic E-state index is 0.704. The monoisotopic (exact) mass is 287 g/mol. The topological polar surface area (TPSA) is 50.4 Å². The lowest BCUT2D eigenvalue weighted by molar-refractivity contribution is 0.560. The summed E-state index contributed by atoms with van der Waals surface area (Å²) in [5, 5.41) is 6.37. The van der Waals surface area contributed by atoms with Crippen LogP contribution in [0.5, 0.6) is 0 Å². The van der Waals surface area contributed by atoms with E-state index in [2.05, 4.69) is 15.5 Å². The van der Waals surface area contributed by atoms with Crippen molar-refractivity contribution in [1.82, 2.24) is 4.98 Å². The fourth-order valence-corrected chi connectivity index (χ4v) is 2.49. The fraction of sp³-hybridized carbons (Fsp3) is 0. The molecule has 0 spiro atoms. The lowest BCUT2D eigenvalue weighted by Crippen LogP contribution is -1.94. The normalized spacial score (nSPS) is 11.5. The van der Waals surface area contributed by atoms with Crippen LogP contribution in [-0.2, 0) is 0 Å². The summed E-state index contributed by atoms with van der Waals surface area (Å²) in [6.45, 7) is 0. The van der Waals surface area contributed by atoms with Crippen LogP contribution in [0.15, 0.2) is 76.4 Å². The van der Waals surface area contributed by atoms with Crippen molar-refractivity contribution in [3.05, 3.63) is 72.7 Å². The summed E-state index contributed by atoms with van der Waals surface area (Å²) >= 11 is 0. The second kappa shape index (κ2) is 5.33. The number of rotatable bonds is 3. The van der Waals surface area contributed by atoms with Gasteiger partial charge in [0.05, 0.1) is 29.2 Å². The van der Waals surface area contributed by atoms with E-state index in [-0.39, 0.29) is 0 Å². The van der Waals surface area contributed by atoms with E-state index in [1.165, 1.54) is 0 Å². The largest absolute Gasteiger partial charge is 0.463 e. The summed E-state index contributed by atoms with van der Waals surface area (Å²) in [6, 6.07) is 19.7. The van der Waals surface area contributed by atoms with Gasteiger partial charge in [-0.2, -0.15) is 5.10 Å². The highest BCUT2D eigenvalue weighted by atomic mass is 16.3. The van der Waals surface area contributed by atoms with E-state index in [1.807, 2.05) is 60.7 Å². The molecule has 0 aliphatic carbocycles. The zero-order valence-electron chi connectivity index (χ0n) is 11.7. The van der Waals surface area contributed by atoms with E-state index in [9.17, 15) is 0 Å². The van der Waals surface area contributed by atoms with Crippen LogP contribution in [0.2, 0.25) is 0 Å². The Morgan fingerprint density at radius 2 is 1.55 bits per heavy atom. The summed E-state index contributed by atoms with van der Waals surface area (Å²) < 4.78 is 5.24. The van der Waals surface area contributed by atoms with Gasteiger partial charge in [0.15, 0.2) is 0 Å². The minimum Gasteiger partial charge on any atom is -0.463 e. The minimum atomic E-state index is 0.704. The van der Waals surface area contributed by atoms with Gasteiger partial charge >= 0.3 is 0 Å². The number of pyridine rings is 1. The Hall–Kier alpha value is -3.14. The molecule has 0 saturated carbocycles. The van der Waals surface area contributed by atoms with Crippen LogP contribution in [0.3, 0.4) is 0 Å². The molecule has 0 aliphatic heterocycles. The molecule has 4 aromatic rings. The van der Waals surface area contributed by atoms with E-state index >= 15 is 0 Å². The van der Waals surface area contributed by atoms with Gasteiger partial charge < -0.3 is 4.42 Å². The Morgan fingerprint density at radius 1 is 0.864 bits per heavy atom. The average molecular weight is 287 g/mol. The molecule has 4 heteroatoms. The highest BCUT2D eigenvalue weighted by molar-refractivity contribution is 6.07. The lowest BCUT2D eigenvalue weighted by atomic mass is 10.1. The van der Waals surface area contributed by atoms with Crippen molar-refractivity contribution in [2.75, 3.05) is 5.43 Å². The first-order valence-electron chi connectivity index (χ1n) is 7.02. The van der Waals surface area contributed by atoms with Gasteiger partial charge in [-0.1, -0.05) is 36.4 Å². The van der Waals surface area contributed by atoms with Gasteiger partial charge in [-0.3, -0.25) is 5.43 Å². The Balaban J connectivity index is 1.85. The number of nitrogens with zero attached hydrogens (tertiary/aromatic N) is 2. The maximum absolute atomic E-state index is 5.24. The number of hydrogen-bond donors (Lipinski definition) is 1. The third-order valence-corrected chi connectivity index (χ3v) is 3.50. The number of aromatic nitrogens is 1. The number of nitrogens with one attached hydrogen (secondary N) is 1. The maximum atomic E-state index is 5.24. The molecule has 0 saturated heterocycles. The van der Waals surface area contributed by atoms with Crippen molar-refractivity contribution >= 4 is 33.7 Å². The van der Waals surface area contributed by atoms with Crippen molar-refractivity contribution in [3.63, 3.8) is 0 Å². The molecular formula is C18H13N3O. The van der Waals surface area contributed by atoms with Crippen molar-refractivity contribution < 1.29 is 4.42 Å². The van der Waals surface area contributed by atoms with Crippen LogP contribution in [0.25, 0.3) is 21.8 Å². The van der Waals surface area contributed by atoms with E-state index < -0.39 is 0 Å². The number of benzene rings is 2. The number of anilines is 1. The molecule has 4 nitrogen and oxygen atoms in total. The predicted molar refractivity (Wildman–Crippen MR) is 89.2 cm³/mol.